The number of nitriles is 2. The fourth-order valence-corrected chi connectivity index (χ4v) is 1.03. The van der Waals surface area contributed by atoms with Crippen LogP contribution in [0, 0.1) is 21.3 Å². The zero-order chi connectivity index (χ0) is 16.3. The van der Waals surface area contributed by atoms with E-state index in [4.69, 9.17) is 10.5 Å². The average Bonchev–Trinajstić information content (AvgIpc) is 2.51. The smallest absolute Gasteiger partial charge is 0.0886 e. The predicted molar refractivity (Wildman–Crippen MR) is 90.9 cm³/mol. The van der Waals surface area contributed by atoms with Gasteiger partial charge in [0.1, 0.15) is 0 Å². The van der Waals surface area contributed by atoms with Crippen molar-refractivity contribution < 1.29 is 0 Å². The molecule has 0 saturated heterocycles. The summed E-state index contributed by atoms with van der Waals surface area (Å²) in [7, 11) is 0. The van der Waals surface area contributed by atoms with Gasteiger partial charge in [0.25, 0.3) is 0 Å². The van der Waals surface area contributed by atoms with Gasteiger partial charge in [-0.15, -0.1) is 0 Å². The molecule has 4 nitrogen and oxygen atoms in total. The summed E-state index contributed by atoms with van der Waals surface area (Å²) in [5, 5.41) is 16.9. The third kappa shape index (κ3) is 14.7. The van der Waals surface area contributed by atoms with E-state index in [-0.39, 0.29) is 21.1 Å². The third-order valence-corrected chi connectivity index (χ3v) is 1.59. The van der Waals surface area contributed by atoms with Crippen molar-refractivity contribution in [3.05, 3.63) is 48.8 Å². The number of rotatable bonds is 1. The van der Waals surface area contributed by atoms with Crippen molar-refractivity contribution in [2.45, 2.75) is 9.88 Å². The first-order valence-corrected chi connectivity index (χ1v) is 12.2. The van der Waals surface area contributed by atoms with Gasteiger partial charge < -0.3 is 25.3 Å². The van der Waals surface area contributed by atoms with E-state index in [1.54, 1.807) is 12.4 Å². The zero-order valence-electron chi connectivity index (χ0n) is 11.7. The first-order valence-electron chi connectivity index (χ1n) is 5.65. The Morgan fingerprint density at radius 1 is 0.857 bits per heavy atom. The Hall–Kier alpha value is -1.48. The minimum atomic E-state index is 0.230. The van der Waals surface area contributed by atoms with Crippen LogP contribution in [0.3, 0.4) is 0 Å². The Bertz CT molecular complexity index is 475. The number of aromatic nitrogens is 2. The second-order valence-corrected chi connectivity index (χ2v) is 6.33. The fourth-order valence-electron chi connectivity index (χ4n) is 1.03. The van der Waals surface area contributed by atoms with Crippen molar-refractivity contribution in [2.75, 3.05) is 0 Å². The number of hydrogen-bond acceptors (Lipinski definition) is 6. The van der Waals surface area contributed by atoms with E-state index in [2.05, 4.69) is 45.1 Å². The first kappa shape index (κ1) is 21.8. The second kappa shape index (κ2) is 18.5. The van der Waals surface area contributed by atoms with Crippen molar-refractivity contribution in [1.82, 2.24) is 9.97 Å². The zero-order valence-corrected chi connectivity index (χ0v) is 16.2. The largest absolute Gasteiger partial charge is 0.255 e. The standard InChI is InChI=1S/C10H8N2.2CHNS.2CH3.Sn/c1-3-7-11-9(5-1)10-6-2-4-8-12-10;2*2-1-3;;;/h1-8H;2*3H;2*1H3;/q;;;;;+2/p-2. The summed E-state index contributed by atoms with van der Waals surface area (Å²) in [4.78, 5) is 13.0. The molecule has 2 aromatic rings. The van der Waals surface area contributed by atoms with Gasteiger partial charge in [-0.1, -0.05) is 22.9 Å². The van der Waals surface area contributed by atoms with Crippen LogP contribution < -0.4 is 0 Å². The minimum Gasteiger partial charge on any atom is -0.255 e. The average molecular weight is 421 g/mol. The Balaban J connectivity index is 0. The molecule has 0 radical (unpaired) electrons. The summed E-state index contributed by atoms with van der Waals surface area (Å²) in [5.74, 6) is 0. The van der Waals surface area contributed by atoms with E-state index in [0.717, 1.165) is 11.4 Å². The summed E-state index contributed by atoms with van der Waals surface area (Å²) in [6.07, 6.45) is 3.54. The van der Waals surface area contributed by atoms with Gasteiger partial charge in [0.05, 0.1) is 11.4 Å². The maximum absolute atomic E-state index is 7.13. The molecule has 21 heavy (non-hydrogen) atoms. The summed E-state index contributed by atoms with van der Waals surface area (Å²) in [6, 6.07) is 11.6. The van der Waals surface area contributed by atoms with Crippen LogP contribution in [0.15, 0.2) is 48.8 Å². The number of thiocyanates is 2. The Morgan fingerprint density at radius 2 is 1.14 bits per heavy atom. The Morgan fingerprint density at radius 3 is 1.33 bits per heavy atom. The molecule has 0 amide bonds. The van der Waals surface area contributed by atoms with E-state index in [1.165, 1.54) is 10.8 Å². The van der Waals surface area contributed by atoms with Crippen molar-refractivity contribution in [2.24, 2.45) is 0 Å². The molecule has 0 spiro atoms. The van der Waals surface area contributed by atoms with Crippen molar-refractivity contribution in [3.63, 3.8) is 0 Å². The van der Waals surface area contributed by atoms with Gasteiger partial charge in [0.2, 0.25) is 0 Å². The van der Waals surface area contributed by atoms with E-state index in [1.807, 2.05) is 36.4 Å². The van der Waals surface area contributed by atoms with E-state index in [9.17, 15) is 0 Å². The van der Waals surface area contributed by atoms with Crippen LogP contribution in [0.4, 0.5) is 0 Å². The molecule has 0 aliphatic rings. The molecule has 106 valence electrons. The van der Waals surface area contributed by atoms with Crippen molar-refractivity contribution in [3.8, 4) is 22.2 Å². The third-order valence-electron chi connectivity index (χ3n) is 1.59. The minimum absolute atomic E-state index is 0.230. The van der Waals surface area contributed by atoms with Gasteiger partial charge in [0, 0.05) is 12.4 Å². The number of pyridine rings is 2. The van der Waals surface area contributed by atoms with Gasteiger partial charge in [0.15, 0.2) is 0 Å². The molecule has 0 aromatic carbocycles. The molecule has 0 N–H and O–H groups in total. The van der Waals surface area contributed by atoms with Gasteiger partial charge in [-0.2, -0.15) is 0 Å². The maximum Gasteiger partial charge on any atom is 0.0886 e. The molecule has 2 aromatic heterocycles. The monoisotopic (exact) mass is 422 g/mol. The van der Waals surface area contributed by atoms with Crippen molar-refractivity contribution >= 4 is 46.4 Å². The molecule has 7 heteroatoms. The molecule has 0 aliphatic heterocycles. The van der Waals surface area contributed by atoms with E-state index < -0.39 is 0 Å². The molecule has 0 bridgehead atoms. The van der Waals surface area contributed by atoms with Crippen molar-refractivity contribution in [1.29, 1.82) is 10.5 Å². The summed E-state index contributed by atoms with van der Waals surface area (Å²) >= 11 is 7.63. The summed E-state index contributed by atoms with van der Waals surface area (Å²) in [6.45, 7) is 0. The van der Waals surface area contributed by atoms with Crippen LogP contribution in [0.2, 0.25) is 9.88 Å². The summed E-state index contributed by atoms with van der Waals surface area (Å²) in [5.41, 5.74) is 1.83. The molecule has 0 fully saturated rings. The number of nitrogens with zero attached hydrogens (tertiary/aromatic N) is 4. The molecule has 0 atom stereocenters. The Labute approximate surface area is 147 Å². The van der Waals surface area contributed by atoms with Gasteiger partial charge in [-0.25, -0.2) is 10.5 Å². The van der Waals surface area contributed by atoms with Crippen LogP contribution in [0.25, 0.3) is 11.4 Å². The molecule has 2 heterocycles. The van der Waals surface area contributed by atoms with Gasteiger partial charge in [-0.05, 0) is 24.3 Å². The van der Waals surface area contributed by atoms with Crippen LogP contribution in [-0.4, -0.2) is 31.1 Å². The normalized spacial score (nSPS) is 6.67. The summed E-state index contributed by atoms with van der Waals surface area (Å²) < 4.78 is 0. The molecule has 0 aliphatic carbocycles. The van der Waals surface area contributed by atoms with Crippen LogP contribution in [-0.2, 0) is 25.3 Å². The Kier molecular flexibility index (Phi) is 19.2. The number of hydrogen-bond donors (Lipinski definition) is 0. The molecular weight excluding hydrogens is 407 g/mol. The molecule has 2 rings (SSSR count). The first-order chi connectivity index (χ1) is 10.2. The van der Waals surface area contributed by atoms with E-state index in [0.29, 0.717) is 0 Å². The van der Waals surface area contributed by atoms with Gasteiger partial charge in [-0.3, -0.25) is 9.97 Å². The fraction of sp³-hybridized carbons (Fsp3) is 0.143. The SMILES string of the molecule is N#C[S-].N#C[S-].[CH3][Sn+2][CH3].c1ccc(-c2ccccn2)nc1. The van der Waals surface area contributed by atoms with Crippen LogP contribution in [0.1, 0.15) is 0 Å². The quantitative estimate of drug-likeness (QED) is 0.401. The molecule has 0 saturated carbocycles. The predicted octanol–water partition coefficient (Wildman–Crippen LogP) is 2.96. The maximum atomic E-state index is 7.13. The molecule has 0 unspecified atom stereocenters. The van der Waals surface area contributed by atoms with Gasteiger partial charge >= 0.3 is 31.0 Å². The second-order valence-electron chi connectivity index (χ2n) is 3.11. The van der Waals surface area contributed by atoms with Crippen LogP contribution >= 0.6 is 0 Å². The topological polar surface area (TPSA) is 73.4 Å². The van der Waals surface area contributed by atoms with Crippen LogP contribution in [0.5, 0.6) is 0 Å². The molecular formula is C14H14N4S2Sn. The van der Waals surface area contributed by atoms with E-state index >= 15 is 0 Å².